The van der Waals surface area contributed by atoms with Gasteiger partial charge in [0.05, 0.1) is 0 Å². The number of hydrogen-bond acceptors (Lipinski definition) is 2. The first-order valence-electron chi connectivity index (χ1n) is 6.37. The molecule has 1 atom stereocenters. The third-order valence-corrected chi connectivity index (χ3v) is 4.16. The Kier molecular flexibility index (Phi) is 2.70. The topological polar surface area (TPSA) is 29.3 Å². The Labute approximate surface area is 97.4 Å². The Morgan fingerprint density at radius 1 is 1.12 bits per heavy atom. The summed E-state index contributed by atoms with van der Waals surface area (Å²) in [6.45, 7) is 2.50. The monoisotopic (exact) mass is 216 g/mol. The van der Waals surface area contributed by atoms with Crippen LogP contribution in [0.2, 0.25) is 0 Å². The summed E-state index contributed by atoms with van der Waals surface area (Å²) in [6, 6.07) is 12.2. The van der Waals surface area contributed by atoms with E-state index in [2.05, 4.69) is 35.2 Å². The van der Waals surface area contributed by atoms with Gasteiger partial charge in [-0.1, -0.05) is 30.3 Å². The highest BCUT2D eigenvalue weighted by atomic mass is 15.2. The fourth-order valence-corrected chi connectivity index (χ4v) is 3.04. The third-order valence-electron chi connectivity index (χ3n) is 4.16. The lowest BCUT2D eigenvalue weighted by molar-refractivity contribution is 0.136. The van der Waals surface area contributed by atoms with Gasteiger partial charge in [0.2, 0.25) is 0 Å². The second-order valence-corrected chi connectivity index (χ2v) is 5.28. The minimum atomic E-state index is 0.473. The van der Waals surface area contributed by atoms with Crippen LogP contribution in [-0.4, -0.2) is 30.1 Å². The van der Waals surface area contributed by atoms with E-state index < -0.39 is 0 Å². The van der Waals surface area contributed by atoms with Crippen molar-refractivity contribution in [2.75, 3.05) is 13.1 Å². The summed E-state index contributed by atoms with van der Waals surface area (Å²) in [5, 5.41) is 0. The summed E-state index contributed by atoms with van der Waals surface area (Å²) >= 11 is 0. The van der Waals surface area contributed by atoms with E-state index in [9.17, 15) is 0 Å². The molecule has 1 aromatic carbocycles. The Morgan fingerprint density at radius 2 is 1.88 bits per heavy atom. The molecule has 2 nitrogen and oxygen atoms in total. The maximum atomic E-state index is 5.86. The molecule has 1 aromatic rings. The number of benzene rings is 1. The zero-order valence-corrected chi connectivity index (χ0v) is 9.68. The molecule has 0 spiro atoms. The number of nitrogens with two attached hydrogens (primary N) is 1. The molecule has 0 bridgehead atoms. The third kappa shape index (κ3) is 1.87. The van der Waals surface area contributed by atoms with E-state index >= 15 is 0 Å². The van der Waals surface area contributed by atoms with Gasteiger partial charge >= 0.3 is 0 Å². The molecule has 2 N–H and O–H groups in total. The van der Waals surface area contributed by atoms with Crippen molar-refractivity contribution in [3.05, 3.63) is 35.9 Å². The van der Waals surface area contributed by atoms with Crippen molar-refractivity contribution < 1.29 is 0 Å². The van der Waals surface area contributed by atoms with Crippen LogP contribution in [0.15, 0.2) is 30.3 Å². The van der Waals surface area contributed by atoms with Gasteiger partial charge in [-0.25, -0.2) is 0 Å². The van der Waals surface area contributed by atoms with E-state index in [-0.39, 0.29) is 0 Å². The van der Waals surface area contributed by atoms with E-state index in [0.717, 1.165) is 12.0 Å². The first-order chi connectivity index (χ1) is 7.83. The van der Waals surface area contributed by atoms with Crippen LogP contribution >= 0.6 is 0 Å². The van der Waals surface area contributed by atoms with Gasteiger partial charge in [0.1, 0.15) is 0 Å². The summed E-state index contributed by atoms with van der Waals surface area (Å²) in [7, 11) is 0. The molecule has 2 aliphatic rings. The van der Waals surface area contributed by atoms with Crippen molar-refractivity contribution in [3.63, 3.8) is 0 Å². The predicted molar refractivity (Wildman–Crippen MR) is 66.4 cm³/mol. The quantitative estimate of drug-likeness (QED) is 0.819. The molecule has 1 aliphatic carbocycles. The minimum absolute atomic E-state index is 0.473. The van der Waals surface area contributed by atoms with E-state index in [1.54, 1.807) is 0 Å². The lowest BCUT2D eigenvalue weighted by atomic mass is 9.86. The van der Waals surface area contributed by atoms with Crippen molar-refractivity contribution in [1.82, 2.24) is 4.90 Å². The zero-order chi connectivity index (χ0) is 11.0. The van der Waals surface area contributed by atoms with Gasteiger partial charge < -0.3 is 5.73 Å². The Balaban J connectivity index is 1.61. The van der Waals surface area contributed by atoms with Gasteiger partial charge in [0.15, 0.2) is 0 Å². The van der Waals surface area contributed by atoms with Gasteiger partial charge in [0, 0.05) is 18.6 Å². The Hall–Kier alpha value is -0.860. The van der Waals surface area contributed by atoms with E-state index in [0.29, 0.717) is 6.04 Å². The van der Waals surface area contributed by atoms with Crippen molar-refractivity contribution in [1.29, 1.82) is 0 Å². The fourth-order valence-electron chi connectivity index (χ4n) is 3.04. The van der Waals surface area contributed by atoms with E-state index in [4.69, 9.17) is 5.73 Å². The predicted octanol–water partition coefficient (Wildman–Crippen LogP) is 1.97. The highest BCUT2D eigenvalue weighted by Crippen LogP contribution is 2.33. The summed E-state index contributed by atoms with van der Waals surface area (Å²) in [5.41, 5.74) is 7.36. The summed E-state index contributed by atoms with van der Waals surface area (Å²) in [5.74, 6) is 0.748. The minimum Gasteiger partial charge on any atom is -0.328 e. The standard InChI is InChI=1S/C14H20N2/c15-13-8-14(9-13)16-7-6-12(10-16)11-4-2-1-3-5-11/h1-5,12-14H,6-10,15H2. The lowest BCUT2D eigenvalue weighted by Gasteiger charge is -2.39. The van der Waals surface area contributed by atoms with Crippen LogP contribution in [0.1, 0.15) is 30.7 Å². The summed E-state index contributed by atoms with van der Waals surface area (Å²) < 4.78 is 0. The number of rotatable bonds is 2. The van der Waals surface area contributed by atoms with Crippen molar-refractivity contribution in [2.45, 2.75) is 37.3 Å². The van der Waals surface area contributed by atoms with Crippen LogP contribution in [0.5, 0.6) is 0 Å². The molecular weight excluding hydrogens is 196 g/mol. The van der Waals surface area contributed by atoms with Crippen molar-refractivity contribution >= 4 is 0 Å². The number of likely N-dealkylation sites (tertiary alicyclic amines) is 1. The molecule has 1 saturated heterocycles. The molecule has 0 radical (unpaired) electrons. The van der Waals surface area contributed by atoms with Crippen LogP contribution in [0.25, 0.3) is 0 Å². The van der Waals surface area contributed by atoms with Crippen molar-refractivity contribution in [2.24, 2.45) is 5.73 Å². The summed E-state index contributed by atoms with van der Waals surface area (Å²) in [6.07, 6.45) is 3.73. The Morgan fingerprint density at radius 3 is 2.56 bits per heavy atom. The molecular formula is C14H20N2. The molecule has 1 heterocycles. The van der Waals surface area contributed by atoms with Crippen molar-refractivity contribution in [3.8, 4) is 0 Å². The molecule has 1 saturated carbocycles. The first-order valence-corrected chi connectivity index (χ1v) is 6.37. The SMILES string of the molecule is NC1CC(N2CCC(c3ccccc3)C2)C1. The molecule has 3 rings (SSSR count). The second-order valence-electron chi connectivity index (χ2n) is 5.28. The largest absolute Gasteiger partial charge is 0.328 e. The Bertz CT molecular complexity index is 343. The molecule has 2 fully saturated rings. The maximum absolute atomic E-state index is 5.86. The van der Waals surface area contributed by atoms with E-state index in [1.807, 2.05) is 0 Å². The normalized spacial score (nSPS) is 34.9. The van der Waals surface area contributed by atoms with Crippen LogP contribution < -0.4 is 5.73 Å². The lowest BCUT2D eigenvalue weighted by Crippen LogP contribution is -2.49. The highest BCUT2D eigenvalue weighted by molar-refractivity contribution is 5.21. The highest BCUT2D eigenvalue weighted by Gasteiger charge is 2.35. The molecule has 0 aromatic heterocycles. The molecule has 1 unspecified atom stereocenters. The average molecular weight is 216 g/mol. The summed E-state index contributed by atoms with van der Waals surface area (Å²) in [4.78, 5) is 2.64. The average Bonchev–Trinajstić information content (AvgIpc) is 2.75. The van der Waals surface area contributed by atoms with Gasteiger partial charge in [0.25, 0.3) is 0 Å². The smallest absolute Gasteiger partial charge is 0.0125 e. The first kappa shape index (κ1) is 10.3. The van der Waals surface area contributed by atoms with Crippen LogP contribution in [0.3, 0.4) is 0 Å². The molecule has 16 heavy (non-hydrogen) atoms. The molecule has 2 heteroatoms. The molecule has 86 valence electrons. The van der Waals surface area contributed by atoms with Crippen LogP contribution in [0.4, 0.5) is 0 Å². The molecule has 0 amide bonds. The maximum Gasteiger partial charge on any atom is 0.0125 e. The van der Waals surface area contributed by atoms with Gasteiger partial charge in [-0.15, -0.1) is 0 Å². The zero-order valence-electron chi connectivity index (χ0n) is 9.68. The number of nitrogens with zero attached hydrogens (tertiary/aromatic N) is 1. The van der Waals surface area contributed by atoms with Crippen LogP contribution in [-0.2, 0) is 0 Å². The number of hydrogen-bond donors (Lipinski definition) is 1. The molecule has 1 aliphatic heterocycles. The fraction of sp³-hybridized carbons (Fsp3) is 0.571. The van der Waals surface area contributed by atoms with Gasteiger partial charge in [-0.3, -0.25) is 4.90 Å². The van der Waals surface area contributed by atoms with Crippen LogP contribution in [0, 0.1) is 0 Å². The van der Waals surface area contributed by atoms with E-state index in [1.165, 1.54) is 37.9 Å². The van der Waals surface area contributed by atoms with Gasteiger partial charge in [-0.05, 0) is 37.3 Å². The second kappa shape index (κ2) is 4.19. The van der Waals surface area contributed by atoms with Gasteiger partial charge in [-0.2, -0.15) is 0 Å².